The van der Waals surface area contributed by atoms with Crippen molar-refractivity contribution in [3.63, 3.8) is 0 Å². The molecule has 1 amide bonds. The highest BCUT2D eigenvalue weighted by Crippen LogP contribution is 2.19. The summed E-state index contributed by atoms with van der Waals surface area (Å²) in [4.78, 5) is 12.3. The lowest BCUT2D eigenvalue weighted by atomic mass is 9.98. The van der Waals surface area contributed by atoms with E-state index in [2.05, 4.69) is 19.2 Å². The maximum absolute atomic E-state index is 12.3. The molecular weight excluding hydrogens is 298 g/mol. The minimum absolute atomic E-state index is 0.0963. The second-order valence-corrected chi connectivity index (χ2v) is 6.04. The molecule has 24 heavy (non-hydrogen) atoms. The van der Waals surface area contributed by atoms with Crippen LogP contribution in [0.25, 0.3) is 0 Å². The minimum Gasteiger partial charge on any atom is -0.489 e. The van der Waals surface area contributed by atoms with Crippen molar-refractivity contribution >= 4 is 11.6 Å². The van der Waals surface area contributed by atoms with Crippen LogP contribution in [0.4, 0.5) is 5.69 Å². The molecule has 0 aliphatic heterocycles. The Morgan fingerprint density at radius 3 is 2.38 bits per heavy atom. The third-order valence-corrected chi connectivity index (χ3v) is 4.14. The molecule has 3 nitrogen and oxygen atoms in total. The van der Waals surface area contributed by atoms with Crippen LogP contribution in [0.1, 0.15) is 45.1 Å². The first-order chi connectivity index (χ1) is 11.7. The van der Waals surface area contributed by atoms with Crippen LogP contribution in [0.2, 0.25) is 0 Å². The van der Waals surface area contributed by atoms with Gasteiger partial charge >= 0.3 is 0 Å². The van der Waals surface area contributed by atoms with Crippen LogP contribution in [0, 0.1) is 5.92 Å². The number of amides is 1. The number of ether oxygens (including phenoxy) is 1. The molecule has 128 valence electrons. The normalized spacial score (nSPS) is 11.8. The lowest BCUT2D eigenvalue weighted by Gasteiger charge is -2.15. The lowest BCUT2D eigenvalue weighted by molar-refractivity contribution is -0.120. The lowest BCUT2D eigenvalue weighted by Crippen LogP contribution is -2.22. The standard InChI is InChI=1S/C21H27NO2/c1-3-5-11-18(4-2)21(23)22-19-12-14-20(15-13-19)24-16-17-9-7-6-8-10-17/h6-10,12-15,18H,3-5,11,16H2,1-2H3,(H,22,23). The van der Waals surface area contributed by atoms with Gasteiger partial charge in [0.1, 0.15) is 12.4 Å². The van der Waals surface area contributed by atoms with Crippen molar-refractivity contribution in [3.05, 3.63) is 60.2 Å². The Balaban J connectivity index is 1.86. The maximum Gasteiger partial charge on any atom is 0.227 e. The van der Waals surface area contributed by atoms with Crippen molar-refractivity contribution in [2.75, 3.05) is 5.32 Å². The smallest absolute Gasteiger partial charge is 0.227 e. The second-order valence-electron chi connectivity index (χ2n) is 6.04. The van der Waals surface area contributed by atoms with Crippen LogP contribution in [-0.2, 0) is 11.4 Å². The molecule has 0 bridgehead atoms. The number of anilines is 1. The molecule has 1 atom stereocenters. The summed E-state index contributed by atoms with van der Waals surface area (Å²) >= 11 is 0. The summed E-state index contributed by atoms with van der Waals surface area (Å²) in [5, 5.41) is 3.01. The van der Waals surface area contributed by atoms with Crippen LogP contribution >= 0.6 is 0 Å². The minimum atomic E-state index is 0.0963. The summed E-state index contributed by atoms with van der Waals surface area (Å²) in [6, 6.07) is 17.6. The molecule has 1 unspecified atom stereocenters. The molecule has 2 aromatic rings. The van der Waals surface area contributed by atoms with Gasteiger partial charge in [-0.1, -0.05) is 57.0 Å². The average Bonchev–Trinajstić information content (AvgIpc) is 2.62. The number of carbonyl (C=O) groups is 1. The van der Waals surface area contributed by atoms with Crippen molar-refractivity contribution in [3.8, 4) is 5.75 Å². The molecule has 0 radical (unpaired) electrons. The molecule has 0 aromatic heterocycles. The van der Waals surface area contributed by atoms with Crippen molar-refractivity contribution in [1.29, 1.82) is 0 Å². The number of unbranched alkanes of at least 4 members (excludes halogenated alkanes) is 1. The molecular formula is C21H27NO2. The number of rotatable bonds is 9. The van der Waals surface area contributed by atoms with Crippen LogP contribution in [0.5, 0.6) is 5.75 Å². The van der Waals surface area contributed by atoms with Gasteiger partial charge in [-0.05, 0) is 42.7 Å². The van der Waals surface area contributed by atoms with Gasteiger partial charge in [0.05, 0.1) is 0 Å². The monoisotopic (exact) mass is 325 g/mol. The van der Waals surface area contributed by atoms with Crippen LogP contribution in [0.3, 0.4) is 0 Å². The molecule has 0 aliphatic carbocycles. The van der Waals surface area contributed by atoms with E-state index in [0.717, 1.165) is 42.7 Å². The van der Waals surface area contributed by atoms with Crippen molar-refractivity contribution in [1.82, 2.24) is 0 Å². The molecule has 0 saturated heterocycles. The zero-order valence-electron chi connectivity index (χ0n) is 14.6. The predicted octanol–water partition coefficient (Wildman–Crippen LogP) is 5.42. The molecule has 1 N–H and O–H groups in total. The Morgan fingerprint density at radius 1 is 1.04 bits per heavy atom. The Morgan fingerprint density at radius 2 is 1.75 bits per heavy atom. The summed E-state index contributed by atoms with van der Waals surface area (Å²) in [7, 11) is 0. The highest BCUT2D eigenvalue weighted by Gasteiger charge is 2.15. The number of hydrogen-bond donors (Lipinski definition) is 1. The highest BCUT2D eigenvalue weighted by atomic mass is 16.5. The molecule has 0 aliphatic rings. The number of hydrogen-bond acceptors (Lipinski definition) is 2. The summed E-state index contributed by atoms with van der Waals surface area (Å²) in [5.74, 6) is 1.01. The Labute approximate surface area is 145 Å². The van der Waals surface area contributed by atoms with Crippen molar-refractivity contribution < 1.29 is 9.53 Å². The first-order valence-corrected chi connectivity index (χ1v) is 8.80. The van der Waals surface area contributed by atoms with E-state index < -0.39 is 0 Å². The molecule has 3 heteroatoms. The molecule has 0 fully saturated rings. The van der Waals surface area contributed by atoms with Gasteiger partial charge in [-0.25, -0.2) is 0 Å². The Bertz CT molecular complexity index is 607. The molecule has 2 rings (SSSR count). The fourth-order valence-corrected chi connectivity index (χ4v) is 2.59. The van der Waals surface area contributed by atoms with Crippen LogP contribution in [-0.4, -0.2) is 5.91 Å². The zero-order valence-corrected chi connectivity index (χ0v) is 14.6. The average molecular weight is 325 g/mol. The molecule has 2 aromatic carbocycles. The maximum atomic E-state index is 12.3. The van der Waals surface area contributed by atoms with Gasteiger partial charge < -0.3 is 10.1 Å². The van der Waals surface area contributed by atoms with E-state index in [1.54, 1.807) is 0 Å². The van der Waals surface area contributed by atoms with E-state index in [0.29, 0.717) is 6.61 Å². The zero-order chi connectivity index (χ0) is 17.2. The summed E-state index contributed by atoms with van der Waals surface area (Å²) in [6.07, 6.45) is 4.05. The van der Waals surface area contributed by atoms with Crippen LogP contribution in [0.15, 0.2) is 54.6 Å². The Hall–Kier alpha value is -2.29. The fraction of sp³-hybridized carbons (Fsp3) is 0.381. The summed E-state index contributed by atoms with van der Waals surface area (Å²) in [5.41, 5.74) is 1.96. The summed E-state index contributed by atoms with van der Waals surface area (Å²) in [6.45, 7) is 4.76. The van der Waals surface area contributed by atoms with Gasteiger partial charge in [-0.2, -0.15) is 0 Å². The third kappa shape index (κ3) is 5.73. The number of nitrogens with one attached hydrogen (secondary N) is 1. The highest BCUT2D eigenvalue weighted by molar-refractivity contribution is 5.92. The fourth-order valence-electron chi connectivity index (χ4n) is 2.59. The van der Waals surface area contributed by atoms with Gasteiger partial charge in [-0.15, -0.1) is 0 Å². The van der Waals surface area contributed by atoms with Crippen molar-refractivity contribution in [2.45, 2.75) is 46.1 Å². The van der Waals surface area contributed by atoms with E-state index in [-0.39, 0.29) is 11.8 Å². The number of carbonyl (C=O) groups excluding carboxylic acids is 1. The summed E-state index contributed by atoms with van der Waals surface area (Å²) < 4.78 is 5.76. The second kappa shape index (κ2) is 9.76. The molecule has 0 spiro atoms. The van der Waals surface area contributed by atoms with E-state index in [1.807, 2.05) is 54.6 Å². The predicted molar refractivity (Wildman–Crippen MR) is 99.2 cm³/mol. The SMILES string of the molecule is CCCCC(CC)C(=O)Nc1ccc(OCc2ccccc2)cc1. The third-order valence-electron chi connectivity index (χ3n) is 4.14. The van der Waals surface area contributed by atoms with E-state index in [9.17, 15) is 4.79 Å². The molecule has 0 heterocycles. The van der Waals surface area contributed by atoms with E-state index in [1.165, 1.54) is 0 Å². The first-order valence-electron chi connectivity index (χ1n) is 8.80. The van der Waals surface area contributed by atoms with Gasteiger partial charge in [0.25, 0.3) is 0 Å². The van der Waals surface area contributed by atoms with Gasteiger partial charge in [0.2, 0.25) is 5.91 Å². The quantitative estimate of drug-likeness (QED) is 0.668. The van der Waals surface area contributed by atoms with E-state index >= 15 is 0 Å². The number of benzene rings is 2. The van der Waals surface area contributed by atoms with E-state index in [4.69, 9.17) is 4.74 Å². The largest absolute Gasteiger partial charge is 0.489 e. The first kappa shape index (κ1) is 18.1. The van der Waals surface area contributed by atoms with Crippen molar-refractivity contribution in [2.24, 2.45) is 5.92 Å². The van der Waals surface area contributed by atoms with Gasteiger partial charge in [0.15, 0.2) is 0 Å². The Kier molecular flexibility index (Phi) is 7.34. The van der Waals surface area contributed by atoms with Gasteiger partial charge in [0, 0.05) is 11.6 Å². The van der Waals surface area contributed by atoms with Gasteiger partial charge in [-0.3, -0.25) is 4.79 Å². The van der Waals surface area contributed by atoms with Crippen LogP contribution < -0.4 is 10.1 Å². The molecule has 0 saturated carbocycles. The topological polar surface area (TPSA) is 38.3 Å².